The van der Waals surface area contributed by atoms with Crippen LogP contribution in [-0.2, 0) is 0 Å². The SMILES string of the molecule is Cc1cc(C)cc(N(c2ccc(/C=C/c3ccc(-c4ccc(N(c5cc(C)cc(C)c5)c5ccc6ccccc6c5)cc4)cc3)cc2)c2ccc3ccccc3c2)c1. The number of aryl methyl sites for hydroxylation is 4. The molecule has 280 valence electrons. The van der Waals surface area contributed by atoms with E-state index < -0.39 is 0 Å². The van der Waals surface area contributed by atoms with Crippen LogP contribution in [0.15, 0.2) is 194 Å². The topological polar surface area (TPSA) is 6.48 Å². The molecule has 0 spiro atoms. The number of benzene rings is 9. The molecule has 0 saturated heterocycles. The van der Waals surface area contributed by atoms with Crippen molar-refractivity contribution in [2.75, 3.05) is 9.80 Å². The maximum atomic E-state index is 2.36. The highest BCUT2D eigenvalue weighted by Crippen LogP contribution is 2.39. The Kier molecular flexibility index (Phi) is 9.91. The van der Waals surface area contributed by atoms with Gasteiger partial charge in [0.1, 0.15) is 0 Å². The first-order valence-corrected chi connectivity index (χ1v) is 20.1. The van der Waals surface area contributed by atoms with Gasteiger partial charge in [-0.05, 0) is 167 Å². The Morgan fingerprint density at radius 3 is 1.02 bits per heavy atom. The monoisotopic (exact) mass is 746 g/mol. The second kappa shape index (κ2) is 15.8. The molecule has 2 nitrogen and oxygen atoms in total. The van der Waals surface area contributed by atoms with Crippen LogP contribution in [0.1, 0.15) is 33.4 Å². The Morgan fingerprint density at radius 1 is 0.276 bits per heavy atom. The predicted molar refractivity (Wildman–Crippen MR) is 251 cm³/mol. The summed E-state index contributed by atoms with van der Waals surface area (Å²) in [6, 6.07) is 70.7. The van der Waals surface area contributed by atoms with Crippen LogP contribution >= 0.6 is 0 Å². The van der Waals surface area contributed by atoms with E-state index >= 15 is 0 Å². The lowest BCUT2D eigenvalue weighted by Crippen LogP contribution is -2.10. The predicted octanol–water partition coefficient (Wildman–Crippen LogP) is 16.0. The second-order valence-electron chi connectivity index (χ2n) is 15.5. The summed E-state index contributed by atoms with van der Waals surface area (Å²) >= 11 is 0. The molecule has 0 aliphatic carbocycles. The highest BCUT2D eigenvalue weighted by atomic mass is 15.1. The maximum absolute atomic E-state index is 2.36. The number of hydrogen-bond acceptors (Lipinski definition) is 2. The van der Waals surface area contributed by atoms with Gasteiger partial charge in [0.15, 0.2) is 0 Å². The smallest absolute Gasteiger partial charge is 0.0468 e. The lowest BCUT2D eigenvalue weighted by Gasteiger charge is -2.27. The van der Waals surface area contributed by atoms with E-state index in [9.17, 15) is 0 Å². The van der Waals surface area contributed by atoms with Crippen LogP contribution in [0, 0.1) is 27.7 Å². The zero-order valence-electron chi connectivity index (χ0n) is 33.5. The fourth-order valence-electron chi connectivity index (χ4n) is 8.20. The van der Waals surface area contributed by atoms with E-state index in [0.29, 0.717) is 0 Å². The van der Waals surface area contributed by atoms with Gasteiger partial charge in [-0.15, -0.1) is 0 Å². The Hall–Kier alpha value is -7.16. The molecule has 0 bridgehead atoms. The maximum Gasteiger partial charge on any atom is 0.0468 e. The summed E-state index contributed by atoms with van der Waals surface area (Å²) in [5, 5.41) is 4.94. The summed E-state index contributed by atoms with van der Waals surface area (Å²) in [5.41, 5.74) is 16.6. The van der Waals surface area contributed by atoms with Crippen LogP contribution < -0.4 is 9.80 Å². The molecule has 9 aromatic carbocycles. The molecule has 0 N–H and O–H groups in total. The quantitative estimate of drug-likeness (QED) is 0.136. The number of anilines is 6. The van der Waals surface area contributed by atoms with Crippen molar-refractivity contribution in [3.8, 4) is 11.1 Å². The first-order valence-electron chi connectivity index (χ1n) is 20.1. The number of rotatable bonds is 9. The van der Waals surface area contributed by atoms with E-state index in [1.54, 1.807) is 0 Å². The molecule has 0 amide bonds. The van der Waals surface area contributed by atoms with E-state index in [-0.39, 0.29) is 0 Å². The molecule has 0 aliphatic rings. The average Bonchev–Trinajstić information content (AvgIpc) is 3.23. The lowest BCUT2D eigenvalue weighted by molar-refractivity contribution is 1.26. The van der Waals surface area contributed by atoms with Crippen molar-refractivity contribution in [3.63, 3.8) is 0 Å². The largest absolute Gasteiger partial charge is 0.310 e. The molecule has 0 radical (unpaired) electrons. The molecule has 0 aromatic heterocycles. The number of hydrogen-bond donors (Lipinski definition) is 0. The molecule has 0 fully saturated rings. The first kappa shape index (κ1) is 36.5. The van der Waals surface area contributed by atoms with E-state index in [1.807, 2.05) is 0 Å². The fourth-order valence-corrected chi connectivity index (χ4v) is 8.20. The van der Waals surface area contributed by atoms with E-state index in [0.717, 1.165) is 45.3 Å². The molecule has 0 heterocycles. The third-order valence-corrected chi connectivity index (χ3v) is 10.9. The number of nitrogens with zero attached hydrogens (tertiary/aromatic N) is 2. The van der Waals surface area contributed by atoms with Gasteiger partial charge >= 0.3 is 0 Å². The van der Waals surface area contributed by atoms with Crippen LogP contribution in [0.2, 0.25) is 0 Å². The van der Waals surface area contributed by atoms with Crippen molar-refractivity contribution in [2.45, 2.75) is 27.7 Å². The minimum absolute atomic E-state index is 1.13. The molecule has 58 heavy (non-hydrogen) atoms. The summed E-state index contributed by atoms with van der Waals surface area (Å²) in [4.78, 5) is 4.72. The molecule has 9 aromatic rings. The van der Waals surface area contributed by atoms with Crippen molar-refractivity contribution in [3.05, 3.63) is 228 Å². The highest BCUT2D eigenvalue weighted by molar-refractivity contribution is 5.91. The third kappa shape index (κ3) is 7.78. The average molecular weight is 747 g/mol. The Bertz CT molecular complexity index is 2880. The highest BCUT2D eigenvalue weighted by Gasteiger charge is 2.16. The summed E-state index contributed by atoms with van der Waals surface area (Å²) in [6.45, 7) is 8.67. The van der Waals surface area contributed by atoms with Crippen molar-refractivity contribution < 1.29 is 0 Å². The van der Waals surface area contributed by atoms with Crippen LogP contribution in [0.4, 0.5) is 34.1 Å². The normalized spacial score (nSPS) is 11.4. The van der Waals surface area contributed by atoms with Crippen LogP contribution in [-0.4, -0.2) is 0 Å². The van der Waals surface area contributed by atoms with Crippen LogP contribution in [0.3, 0.4) is 0 Å². The first-order chi connectivity index (χ1) is 28.3. The molecule has 0 aliphatic heterocycles. The zero-order valence-corrected chi connectivity index (χ0v) is 33.5. The van der Waals surface area contributed by atoms with Crippen LogP contribution in [0.5, 0.6) is 0 Å². The molecular weight excluding hydrogens is 701 g/mol. The fraction of sp³-hybridized carbons (Fsp3) is 0.0714. The third-order valence-electron chi connectivity index (χ3n) is 10.9. The summed E-state index contributed by atoms with van der Waals surface area (Å²) < 4.78 is 0. The summed E-state index contributed by atoms with van der Waals surface area (Å²) in [5.74, 6) is 0. The standard InChI is InChI=1S/C56H46N2/c1-39-31-40(2)34-55(33-39)57(53-29-23-45-9-5-7-11-49(45)37-53)51-25-17-44(18-26-51)14-13-43-15-19-47(20-16-43)48-21-27-52(28-22-48)58(56-35-41(3)32-42(4)36-56)54-30-24-46-10-6-8-12-50(46)38-54/h5-38H,1-4H3/b14-13+. The molecule has 2 heteroatoms. The van der Waals surface area contributed by atoms with Gasteiger partial charge in [-0.1, -0.05) is 133 Å². The molecule has 0 saturated carbocycles. The van der Waals surface area contributed by atoms with Gasteiger partial charge in [0, 0.05) is 34.1 Å². The second-order valence-corrected chi connectivity index (χ2v) is 15.5. The van der Waals surface area contributed by atoms with Crippen molar-refractivity contribution in [2.24, 2.45) is 0 Å². The summed E-state index contributed by atoms with van der Waals surface area (Å²) in [7, 11) is 0. The Labute approximate surface area is 342 Å². The van der Waals surface area contributed by atoms with Gasteiger partial charge in [0.2, 0.25) is 0 Å². The molecular formula is C56H46N2. The number of fused-ring (bicyclic) bond motifs is 2. The van der Waals surface area contributed by atoms with Crippen LogP contribution in [0.25, 0.3) is 44.8 Å². The van der Waals surface area contributed by atoms with Gasteiger partial charge < -0.3 is 9.80 Å². The van der Waals surface area contributed by atoms with Gasteiger partial charge in [-0.25, -0.2) is 0 Å². The minimum Gasteiger partial charge on any atom is -0.310 e. The Morgan fingerprint density at radius 2 is 0.603 bits per heavy atom. The van der Waals surface area contributed by atoms with E-state index in [2.05, 4.69) is 244 Å². The van der Waals surface area contributed by atoms with Crippen molar-refractivity contribution in [1.82, 2.24) is 0 Å². The lowest BCUT2D eigenvalue weighted by atomic mass is 10.0. The van der Waals surface area contributed by atoms with E-state index in [1.165, 1.54) is 54.9 Å². The van der Waals surface area contributed by atoms with Crippen molar-refractivity contribution >= 4 is 67.8 Å². The Balaban J connectivity index is 0.947. The zero-order chi connectivity index (χ0) is 39.6. The van der Waals surface area contributed by atoms with E-state index in [4.69, 9.17) is 0 Å². The van der Waals surface area contributed by atoms with Gasteiger partial charge in [-0.2, -0.15) is 0 Å². The van der Waals surface area contributed by atoms with Gasteiger partial charge in [0.25, 0.3) is 0 Å². The van der Waals surface area contributed by atoms with Crippen molar-refractivity contribution in [1.29, 1.82) is 0 Å². The molecule has 0 unspecified atom stereocenters. The minimum atomic E-state index is 1.13. The molecule has 9 rings (SSSR count). The van der Waals surface area contributed by atoms with Gasteiger partial charge in [-0.3, -0.25) is 0 Å². The molecule has 0 atom stereocenters. The van der Waals surface area contributed by atoms with Gasteiger partial charge in [0.05, 0.1) is 0 Å². The summed E-state index contributed by atoms with van der Waals surface area (Å²) in [6.07, 6.45) is 4.39.